The highest BCUT2D eigenvalue weighted by molar-refractivity contribution is 6.31. The largest absolute Gasteiger partial charge is 0.455 e. The van der Waals surface area contributed by atoms with E-state index in [4.69, 9.17) is 20.8 Å². The van der Waals surface area contributed by atoms with Crippen LogP contribution in [0.4, 0.5) is 22.4 Å². The summed E-state index contributed by atoms with van der Waals surface area (Å²) in [5.74, 6) is -1.49. The molecule has 2 aromatic carbocycles. The zero-order chi connectivity index (χ0) is 19.8. The number of halogens is 5. The lowest BCUT2D eigenvalue weighted by molar-refractivity contribution is -0.159. The van der Waals surface area contributed by atoms with Gasteiger partial charge in [0.05, 0.1) is 0 Å². The van der Waals surface area contributed by atoms with Gasteiger partial charge in [0.1, 0.15) is 11.5 Å². The first kappa shape index (κ1) is 19.0. The molecule has 9 heteroatoms. The van der Waals surface area contributed by atoms with Crippen LogP contribution in [-0.2, 0) is 0 Å². The number of fused-ring (bicyclic) bond motifs is 1. The van der Waals surface area contributed by atoms with Crippen LogP contribution in [0, 0.1) is 12.7 Å². The van der Waals surface area contributed by atoms with Gasteiger partial charge >= 0.3 is 12.3 Å². The number of carbonyl (C=O) groups excluding carboxylic acids is 1. The van der Waals surface area contributed by atoms with E-state index in [-0.39, 0.29) is 27.3 Å². The van der Waals surface area contributed by atoms with Crippen LogP contribution in [0.2, 0.25) is 5.02 Å². The zero-order valence-electron chi connectivity index (χ0n) is 13.7. The van der Waals surface area contributed by atoms with Crippen molar-refractivity contribution in [1.29, 1.82) is 0 Å². The van der Waals surface area contributed by atoms with Crippen molar-refractivity contribution in [2.75, 3.05) is 0 Å². The van der Waals surface area contributed by atoms with Crippen molar-refractivity contribution >= 4 is 28.7 Å². The topological polar surface area (TPSA) is 51.5 Å². The predicted octanol–water partition coefficient (Wildman–Crippen LogP) is 5.93. The van der Waals surface area contributed by atoms with Crippen LogP contribution in [0.15, 0.2) is 46.9 Å². The molecule has 0 radical (unpaired) electrons. The molecule has 0 aliphatic heterocycles. The number of benzene rings is 2. The van der Waals surface area contributed by atoms with Gasteiger partial charge in [-0.3, -0.25) is 0 Å². The van der Waals surface area contributed by atoms with Crippen LogP contribution in [0.25, 0.3) is 11.0 Å². The molecule has 0 spiro atoms. The molecule has 1 N–H and O–H groups in total. The maximum absolute atomic E-state index is 14.0. The smallest absolute Gasteiger partial charge is 0.416 e. The van der Waals surface area contributed by atoms with Crippen molar-refractivity contribution < 1.29 is 31.5 Å². The van der Waals surface area contributed by atoms with Crippen molar-refractivity contribution in [1.82, 2.24) is 5.32 Å². The van der Waals surface area contributed by atoms with E-state index in [1.54, 1.807) is 23.5 Å². The number of furan rings is 1. The monoisotopic (exact) mass is 401 g/mol. The van der Waals surface area contributed by atoms with E-state index < -0.39 is 29.9 Å². The third kappa shape index (κ3) is 4.00. The van der Waals surface area contributed by atoms with Crippen LogP contribution >= 0.6 is 11.6 Å². The summed E-state index contributed by atoms with van der Waals surface area (Å²) in [6.07, 6.45) is -6.24. The Bertz CT molecular complexity index is 986. The van der Waals surface area contributed by atoms with E-state index in [9.17, 15) is 22.4 Å². The summed E-state index contributed by atoms with van der Waals surface area (Å²) in [5.41, 5.74) is -0.367. The normalized spacial score (nSPS) is 12.8. The molecule has 0 aliphatic carbocycles. The average molecular weight is 402 g/mol. The van der Waals surface area contributed by atoms with Crippen molar-refractivity contribution in [3.8, 4) is 5.75 Å². The summed E-state index contributed by atoms with van der Waals surface area (Å²) in [7, 11) is 0. The fourth-order valence-corrected chi connectivity index (χ4v) is 2.78. The predicted molar refractivity (Wildman–Crippen MR) is 90.3 cm³/mol. The second kappa shape index (κ2) is 7.11. The fourth-order valence-electron chi connectivity index (χ4n) is 2.58. The summed E-state index contributed by atoms with van der Waals surface area (Å²) in [6, 6.07) is 7.27. The Morgan fingerprint density at radius 2 is 1.89 bits per heavy atom. The fraction of sp³-hybridized carbons (Fsp3) is 0.167. The second-order valence-electron chi connectivity index (χ2n) is 5.68. The molecule has 3 aromatic rings. The summed E-state index contributed by atoms with van der Waals surface area (Å²) in [6.45, 7) is 1.32. The summed E-state index contributed by atoms with van der Waals surface area (Å²) in [4.78, 5) is 11.9. The Kier molecular flexibility index (Phi) is 5.01. The highest BCUT2D eigenvalue weighted by atomic mass is 35.5. The van der Waals surface area contributed by atoms with Crippen molar-refractivity contribution in [3.63, 3.8) is 0 Å². The molecule has 0 bridgehead atoms. The lowest BCUT2D eigenvalue weighted by atomic mass is 10.1. The van der Waals surface area contributed by atoms with Gasteiger partial charge in [-0.1, -0.05) is 29.8 Å². The molecule has 0 saturated heterocycles. The number of carbonyl (C=O) groups is 1. The number of rotatable bonds is 3. The first-order valence-corrected chi connectivity index (χ1v) is 8.02. The van der Waals surface area contributed by atoms with E-state index in [2.05, 4.69) is 0 Å². The molecule has 3 rings (SSSR count). The third-order valence-electron chi connectivity index (χ3n) is 3.80. The van der Waals surface area contributed by atoms with E-state index in [0.29, 0.717) is 0 Å². The van der Waals surface area contributed by atoms with Crippen LogP contribution in [0.3, 0.4) is 0 Å². The number of amides is 1. The Labute approximate surface area is 155 Å². The number of aryl methyl sites for hydroxylation is 1. The molecule has 1 aromatic heterocycles. The van der Waals surface area contributed by atoms with E-state index in [1.165, 1.54) is 25.1 Å². The maximum atomic E-state index is 14.0. The minimum Gasteiger partial charge on any atom is -0.455 e. The van der Waals surface area contributed by atoms with Gasteiger partial charge in [0.15, 0.2) is 17.4 Å². The van der Waals surface area contributed by atoms with Crippen LogP contribution in [0.5, 0.6) is 5.75 Å². The van der Waals surface area contributed by atoms with Crippen molar-refractivity contribution in [2.24, 2.45) is 0 Å². The van der Waals surface area contributed by atoms with Crippen molar-refractivity contribution in [2.45, 2.75) is 19.1 Å². The SMILES string of the molecule is Cc1c(C(NC(=O)Oc2ccccc2)C(F)(F)F)oc2c(F)cc(Cl)cc12. The molecular formula is C18H12ClF4NO3. The van der Waals surface area contributed by atoms with Gasteiger partial charge in [-0.2, -0.15) is 13.2 Å². The summed E-state index contributed by atoms with van der Waals surface area (Å²) in [5, 5.41) is 1.82. The quantitative estimate of drug-likeness (QED) is 0.554. The molecule has 1 unspecified atom stereocenters. The highest BCUT2D eigenvalue weighted by Gasteiger charge is 2.46. The van der Waals surface area contributed by atoms with E-state index in [0.717, 1.165) is 6.07 Å². The molecule has 1 amide bonds. The Morgan fingerprint density at radius 3 is 2.52 bits per heavy atom. The van der Waals surface area contributed by atoms with Gasteiger partial charge in [0.2, 0.25) is 0 Å². The summed E-state index contributed by atoms with van der Waals surface area (Å²) >= 11 is 5.76. The Hall–Kier alpha value is -2.74. The third-order valence-corrected chi connectivity index (χ3v) is 4.02. The first-order chi connectivity index (χ1) is 12.7. The van der Waals surface area contributed by atoms with Gasteiger partial charge in [-0.25, -0.2) is 9.18 Å². The number of alkyl halides is 3. The van der Waals surface area contributed by atoms with Gasteiger partial charge in [-0.15, -0.1) is 0 Å². The lowest BCUT2D eigenvalue weighted by Crippen LogP contribution is -2.39. The molecule has 1 heterocycles. The van der Waals surface area contributed by atoms with E-state index >= 15 is 0 Å². The molecular weight excluding hydrogens is 390 g/mol. The van der Waals surface area contributed by atoms with E-state index in [1.807, 2.05) is 0 Å². The highest BCUT2D eigenvalue weighted by Crippen LogP contribution is 2.39. The van der Waals surface area contributed by atoms with Crippen LogP contribution in [-0.4, -0.2) is 12.3 Å². The minimum atomic E-state index is -4.91. The molecule has 142 valence electrons. The molecule has 1 atom stereocenters. The standard InChI is InChI=1S/C18H12ClF4NO3/c1-9-12-7-10(19)8-13(20)15(12)27-14(9)16(18(21,22)23)24-17(25)26-11-5-3-2-4-6-11/h2-8,16H,1H3,(H,24,25). The van der Waals surface area contributed by atoms with Gasteiger partial charge in [0, 0.05) is 16.0 Å². The van der Waals surface area contributed by atoms with Gasteiger partial charge < -0.3 is 14.5 Å². The number of hydrogen-bond acceptors (Lipinski definition) is 3. The van der Waals surface area contributed by atoms with Gasteiger partial charge in [-0.05, 0) is 31.2 Å². The average Bonchev–Trinajstić information content (AvgIpc) is 2.90. The number of hydrogen-bond donors (Lipinski definition) is 1. The minimum absolute atomic E-state index is 0.00809. The van der Waals surface area contributed by atoms with Gasteiger partial charge in [0.25, 0.3) is 0 Å². The molecule has 0 aliphatic rings. The molecule has 4 nitrogen and oxygen atoms in total. The maximum Gasteiger partial charge on any atom is 0.416 e. The summed E-state index contributed by atoms with van der Waals surface area (Å²) < 4.78 is 64.5. The number of ether oxygens (including phenoxy) is 1. The molecule has 27 heavy (non-hydrogen) atoms. The number of para-hydroxylation sites is 1. The zero-order valence-corrected chi connectivity index (χ0v) is 14.5. The van der Waals surface area contributed by atoms with Crippen LogP contribution < -0.4 is 10.1 Å². The van der Waals surface area contributed by atoms with Crippen molar-refractivity contribution in [3.05, 3.63) is 64.6 Å². The van der Waals surface area contributed by atoms with Crippen LogP contribution in [0.1, 0.15) is 17.4 Å². The second-order valence-corrected chi connectivity index (χ2v) is 6.11. The number of nitrogens with one attached hydrogen (secondary N) is 1. The molecule has 0 fully saturated rings. The lowest BCUT2D eigenvalue weighted by Gasteiger charge is -2.20. The molecule has 0 saturated carbocycles. The Balaban J connectivity index is 1.96. The first-order valence-electron chi connectivity index (χ1n) is 7.65. The Morgan fingerprint density at radius 1 is 1.22 bits per heavy atom.